The molecular weight excluding hydrogens is 290 g/mol. The number of alkyl halides is 2. The quantitative estimate of drug-likeness (QED) is 0.784. The van der Waals surface area contributed by atoms with Crippen molar-refractivity contribution < 1.29 is 23.0 Å². The highest BCUT2D eigenvalue weighted by Crippen LogP contribution is 2.30. The van der Waals surface area contributed by atoms with E-state index in [1.165, 1.54) is 26.4 Å². The zero-order valence-electron chi connectivity index (χ0n) is 12.4. The Labute approximate surface area is 127 Å². The van der Waals surface area contributed by atoms with Crippen LogP contribution in [-0.2, 0) is 0 Å². The van der Waals surface area contributed by atoms with Gasteiger partial charge in [-0.05, 0) is 37.3 Å². The minimum Gasteiger partial charge on any atom is -0.496 e. The molecule has 0 aliphatic carbocycles. The van der Waals surface area contributed by atoms with Gasteiger partial charge in [-0.3, -0.25) is 4.79 Å². The van der Waals surface area contributed by atoms with E-state index in [0.717, 1.165) is 11.6 Å². The summed E-state index contributed by atoms with van der Waals surface area (Å²) in [5.74, 6) is 0.705. The van der Waals surface area contributed by atoms with Crippen LogP contribution in [0.1, 0.15) is 33.5 Å². The van der Waals surface area contributed by atoms with Gasteiger partial charge < -0.3 is 9.47 Å². The molecule has 0 saturated carbocycles. The fraction of sp³-hybridized carbons (Fsp3) is 0.235. The van der Waals surface area contributed by atoms with E-state index in [2.05, 4.69) is 6.07 Å². The summed E-state index contributed by atoms with van der Waals surface area (Å²) in [6, 6.07) is 9.46. The van der Waals surface area contributed by atoms with Gasteiger partial charge in [0.15, 0.2) is 5.78 Å². The Kier molecular flexibility index (Phi) is 4.75. The summed E-state index contributed by atoms with van der Waals surface area (Å²) in [7, 11) is 3.00. The first-order valence-electron chi connectivity index (χ1n) is 6.55. The number of ketones is 1. The second-order valence-electron chi connectivity index (χ2n) is 4.67. The van der Waals surface area contributed by atoms with Gasteiger partial charge in [-0.15, -0.1) is 0 Å². The van der Waals surface area contributed by atoms with Crippen molar-refractivity contribution in [1.29, 1.82) is 0 Å². The van der Waals surface area contributed by atoms with Crippen molar-refractivity contribution in [3.8, 4) is 11.5 Å². The van der Waals surface area contributed by atoms with Gasteiger partial charge in [-0.25, -0.2) is 8.78 Å². The topological polar surface area (TPSA) is 35.5 Å². The molecule has 0 fully saturated rings. The summed E-state index contributed by atoms with van der Waals surface area (Å²) >= 11 is 0. The van der Waals surface area contributed by atoms with Crippen LogP contribution in [0.3, 0.4) is 0 Å². The molecule has 0 aliphatic rings. The van der Waals surface area contributed by atoms with Crippen molar-refractivity contribution in [2.75, 3.05) is 14.2 Å². The Bertz CT molecular complexity index is 654. The third kappa shape index (κ3) is 3.08. The van der Waals surface area contributed by atoms with Gasteiger partial charge in [0.1, 0.15) is 11.5 Å². The van der Waals surface area contributed by atoms with Crippen LogP contribution >= 0.6 is 0 Å². The molecule has 115 valence electrons. The number of benzene rings is 2. The Morgan fingerprint density at radius 1 is 1.14 bits per heavy atom. The van der Waals surface area contributed by atoms with E-state index < -0.39 is 6.43 Å². The zero-order valence-corrected chi connectivity index (χ0v) is 12.4. The third-order valence-corrected chi connectivity index (χ3v) is 3.35. The summed E-state index contributed by atoms with van der Waals surface area (Å²) in [6.45, 7) is 1.81. The predicted octanol–water partition coefficient (Wildman–Crippen LogP) is 3.98. The highest BCUT2D eigenvalue weighted by atomic mass is 19.3. The van der Waals surface area contributed by atoms with Gasteiger partial charge in [0, 0.05) is 22.3 Å². The number of methoxy groups -OCH3 is 2. The van der Waals surface area contributed by atoms with E-state index in [9.17, 15) is 13.6 Å². The first-order chi connectivity index (χ1) is 10.5. The number of ether oxygens (including phenoxy) is 2. The molecule has 2 aromatic rings. The Morgan fingerprint density at radius 3 is 2.14 bits per heavy atom. The van der Waals surface area contributed by atoms with Crippen molar-refractivity contribution in [2.45, 2.75) is 13.3 Å². The van der Waals surface area contributed by atoms with Gasteiger partial charge in [-0.2, -0.15) is 0 Å². The molecule has 0 atom stereocenters. The van der Waals surface area contributed by atoms with E-state index in [0.29, 0.717) is 17.1 Å². The molecule has 0 N–H and O–H groups in total. The lowest BCUT2D eigenvalue weighted by molar-refractivity contribution is 0.103. The van der Waals surface area contributed by atoms with E-state index in [1.54, 1.807) is 12.1 Å². The van der Waals surface area contributed by atoms with Crippen molar-refractivity contribution >= 4 is 5.78 Å². The predicted molar refractivity (Wildman–Crippen MR) is 78.0 cm³/mol. The average Bonchev–Trinajstić information content (AvgIpc) is 2.54. The minimum atomic E-state index is -2.58. The summed E-state index contributed by atoms with van der Waals surface area (Å²) in [5.41, 5.74) is 1.16. The number of halogens is 2. The van der Waals surface area contributed by atoms with Crippen molar-refractivity contribution in [3.63, 3.8) is 0 Å². The van der Waals surface area contributed by atoms with E-state index in [-0.39, 0.29) is 16.9 Å². The van der Waals surface area contributed by atoms with Gasteiger partial charge >= 0.3 is 0 Å². The lowest BCUT2D eigenvalue weighted by atomic mass is 10.00. The highest BCUT2D eigenvalue weighted by Gasteiger charge is 2.16. The van der Waals surface area contributed by atoms with Gasteiger partial charge in [0.25, 0.3) is 6.43 Å². The maximum atomic E-state index is 12.5. The molecule has 0 bridgehead atoms. The molecule has 2 aromatic carbocycles. The van der Waals surface area contributed by atoms with Gasteiger partial charge in [0.05, 0.1) is 14.2 Å². The maximum absolute atomic E-state index is 12.5. The lowest BCUT2D eigenvalue weighted by Crippen LogP contribution is -2.04. The van der Waals surface area contributed by atoms with Crippen molar-refractivity contribution in [2.24, 2.45) is 0 Å². The fourth-order valence-electron chi connectivity index (χ4n) is 2.09. The molecule has 0 amide bonds. The molecule has 0 heterocycles. The third-order valence-electron chi connectivity index (χ3n) is 3.35. The Hall–Kier alpha value is -2.43. The van der Waals surface area contributed by atoms with Crippen molar-refractivity contribution in [1.82, 2.24) is 0 Å². The van der Waals surface area contributed by atoms with Crippen LogP contribution < -0.4 is 9.47 Å². The van der Waals surface area contributed by atoms with Crippen LogP contribution in [0, 0.1) is 13.0 Å². The molecule has 3 nitrogen and oxygen atoms in total. The fourth-order valence-corrected chi connectivity index (χ4v) is 2.09. The summed E-state index contributed by atoms with van der Waals surface area (Å²) in [6.07, 6.45) is -2.58. The van der Waals surface area contributed by atoms with Crippen LogP contribution in [0.25, 0.3) is 0 Å². The Balaban J connectivity index is 2.40. The molecule has 0 aliphatic heterocycles. The van der Waals surface area contributed by atoms with Gasteiger partial charge in [-0.1, -0.05) is 6.07 Å². The monoisotopic (exact) mass is 305 g/mol. The van der Waals surface area contributed by atoms with Crippen LogP contribution in [0.5, 0.6) is 11.5 Å². The number of carbonyl (C=O) groups excluding carboxylic acids is 1. The zero-order chi connectivity index (χ0) is 16.3. The molecule has 0 aromatic heterocycles. The highest BCUT2D eigenvalue weighted by molar-refractivity contribution is 6.09. The maximum Gasteiger partial charge on any atom is 0.263 e. The first-order valence-corrected chi connectivity index (χ1v) is 6.55. The number of hydrogen-bond donors (Lipinski definition) is 0. The normalized spacial score (nSPS) is 10.6. The average molecular weight is 305 g/mol. The molecule has 2 rings (SSSR count). The van der Waals surface area contributed by atoms with Gasteiger partial charge in [0.2, 0.25) is 0 Å². The number of rotatable bonds is 5. The molecule has 0 spiro atoms. The SMILES string of the molecule is COc1cc(C(=O)c2[c]cc(C(F)F)cc2)cc(OC)c1C. The lowest BCUT2D eigenvalue weighted by Gasteiger charge is -2.12. The molecule has 0 saturated heterocycles. The molecule has 5 heteroatoms. The number of hydrogen-bond acceptors (Lipinski definition) is 3. The summed E-state index contributed by atoms with van der Waals surface area (Å²) < 4.78 is 35.5. The van der Waals surface area contributed by atoms with E-state index in [4.69, 9.17) is 9.47 Å². The number of carbonyl (C=O) groups is 1. The van der Waals surface area contributed by atoms with Crippen LogP contribution in [-0.4, -0.2) is 20.0 Å². The minimum absolute atomic E-state index is 0.171. The molecular formula is C17H15F2O3. The first kappa shape index (κ1) is 15.9. The van der Waals surface area contributed by atoms with E-state index >= 15 is 0 Å². The van der Waals surface area contributed by atoms with Crippen LogP contribution in [0.4, 0.5) is 8.78 Å². The second-order valence-corrected chi connectivity index (χ2v) is 4.67. The molecule has 1 radical (unpaired) electrons. The smallest absolute Gasteiger partial charge is 0.263 e. The standard InChI is InChI=1S/C17H15F2O3/c1-10-14(21-2)8-13(9-15(10)22-3)16(20)11-4-6-12(7-5-11)17(18)19/h4,6-9,17H,1-3H3. The van der Waals surface area contributed by atoms with Crippen molar-refractivity contribution in [3.05, 3.63) is 58.7 Å². The second kappa shape index (κ2) is 6.56. The summed E-state index contributed by atoms with van der Waals surface area (Å²) in [5, 5.41) is 0. The van der Waals surface area contributed by atoms with Crippen LogP contribution in [0.15, 0.2) is 30.3 Å². The van der Waals surface area contributed by atoms with E-state index in [1.807, 2.05) is 6.92 Å². The molecule has 22 heavy (non-hydrogen) atoms. The molecule has 0 unspecified atom stereocenters. The largest absolute Gasteiger partial charge is 0.496 e. The Morgan fingerprint density at radius 2 is 1.73 bits per heavy atom. The van der Waals surface area contributed by atoms with Crippen LogP contribution in [0.2, 0.25) is 0 Å². The summed E-state index contributed by atoms with van der Waals surface area (Å²) in [4.78, 5) is 12.4.